The number of carbonyl (C=O) groups is 1. The second-order valence-corrected chi connectivity index (χ2v) is 6.06. The van der Waals surface area contributed by atoms with Crippen LogP contribution in [0, 0.1) is 11.8 Å². The zero-order valence-corrected chi connectivity index (χ0v) is 12.2. The Morgan fingerprint density at radius 2 is 2.11 bits per heavy atom. The molecule has 2 rings (SSSR count). The highest BCUT2D eigenvalue weighted by atomic mass is 16.5. The fourth-order valence-electron chi connectivity index (χ4n) is 3.25. The monoisotopic (exact) mass is 270 g/mol. The number of methoxy groups -OCH3 is 1. The Hall–Kier alpha value is -0.450. The van der Waals surface area contributed by atoms with Gasteiger partial charge in [0, 0.05) is 45.9 Å². The van der Waals surface area contributed by atoms with Crippen LogP contribution in [0.3, 0.4) is 0 Å². The molecular formula is C15H26O4. The van der Waals surface area contributed by atoms with Gasteiger partial charge < -0.3 is 14.2 Å². The summed E-state index contributed by atoms with van der Waals surface area (Å²) in [5, 5.41) is 0. The van der Waals surface area contributed by atoms with Crippen LogP contribution in [-0.2, 0) is 19.0 Å². The summed E-state index contributed by atoms with van der Waals surface area (Å²) in [5.41, 5.74) is -0.0820. The van der Waals surface area contributed by atoms with Gasteiger partial charge in [-0.25, -0.2) is 0 Å². The van der Waals surface area contributed by atoms with Crippen molar-refractivity contribution in [1.29, 1.82) is 0 Å². The summed E-state index contributed by atoms with van der Waals surface area (Å²) in [4.78, 5) is 12.4. The molecule has 0 bridgehead atoms. The van der Waals surface area contributed by atoms with E-state index in [9.17, 15) is 4.79 Å². The summed E-state index contributed by atoms with van der Waals surface area (Å²) in [6.07, 6.45) is 4.26. The maximum absolute atomic E-state index is 12.4. The molecule has 2 aliphatic rings. The summed E-state index contributed by atoms with van der Waals surface area (Å²) in [6.45, 7) is 4.98. The molecule has 0 aromatic rings. The van der Waals surface area contributed by atoms with Gasteiger partial charge in [0.15, 0.2) is 0 Å². The normalized spacial score (nSPS) is 28.2. The highest BCUT2D eigenvalue weighted by molar-refractivity contribution is 5.81. The Bertz CT molecular complexity index is 291. The van der Waals surface area contributed by atoms with Crippen LogP contribution < -0.4 is 0 Å². The lowest BCUT2D eigenvalue weighted by molar-refractivity contribution is -0.157. The molecule has 0 aromatic carbocycles. The third-order valence-electron chi connectivity index (χ3n) is 4.35. The molecule has 0 saturated carbocycles. The number of hydrogen-bond donors (Lipinski definition) is 0. The topological polar surface area (TPSA) is 44.8 Å². The third-order valence-corrected chi connectivity index (χ3v) is 4.35. The first-order valence-electron chi connectivity index (χ1n) is 7.38. The molecule has 19 heavy (non-hydrogen) atoms. The van der Waals surface area contributed by atoms with Crippen molar-refractivity contribution in [2.45, 2.75) is 44.6 Å². The van der Waals surface area contributed by atoms with Crippen LogP contribution in [0.4, 0.5) is 0 Å². The number of rotatable bonds is 5. The van der Waals surface area contributed by atoms with Crippen molar-refractivity contribution in [1.82, 2.24) is 0 Å². The van der Waals surface area contributed by atoms with Crippen molar-refractivity contribution >= 4 is 5.78 Å². The number of ketones is 1. The van der Waals surface area contributed by atoms with Gasteiger partial charge in [-0.2, -0.15) is 0 Å². The van der Waals surface area contributed by atoms with Gasteiger partial charge in [-0.15, -0.1) is 0 Å². The van der Waals surface area contributed by atoms with E-state index < -0.39 is 0 Å². The molecule has 2 saturated heterocycles. The molecular weight excluding hydrogens is 244 g/mol. The van der Waals surface area contributed by atoms with Gasteiger partial charge in [0.2, 0.25) is 0 Å². The molecule has 0 aliphatic carbocycles. The summed E-state index contributed by atoms with van der Waals surface area (Å²) in [5.74, 6) is 0.871. The molecule has 2 heterocycles. The van der Waals surface area contributed by atoms with Gasteiger partial charge in [-0.1, -0.05) is 6.92 Å². The molecule has 2 aliphatic heterocycles. The fraction of sp³-hybridized carbons (Fsp3) is 0.933. The predicted octanol–water partition coefficient (Wildman–Crippen LogP) is 2.20. The van der Waals surface area contributed by atoms with Gasteiger partial charge in [0.1, 0.15) is 5.78 Å². The van der Waals surface area contributed by atoms with Crippen LogP contribution in [0.15, 0.2) is 0 Å². The summed E-state index contributed by atoms with van der Waals surface area (Å²) < 4.78 is 16.5. The zero-order valence-electron chi connectivity index (χ0n) is 12.2. The molecule has 2 fully saturated rings. The fourth-order valence-corrected chi connectivity index (χ4v) is 3.25. The minimum absolute atomic E-state index is 0.0820. The second kappa shape index (κ2) is 6.82. The molecule has 0 radical (unpaired) electrons. The lowest BCUT2D eigenvalue weighted by atomic mass is 9.78. The minimum atomic E-state index is -0.0820. The van der Waals surface area contributed by atoms with E-state index in [1.54, 1.807) is 7.11 Å². The van der Waals surface area contributed by atoms with Crippen molar-refractivity contribution in [2.24, 2.45) is 11.8 Å². The Morgan fingerprint density at radius 1 is 1.37 bits per heavy atom. The lowest BCUT2D eigenvalue weighted by Crippen LogP contribution is -2.46. The molecule has 2 atom stereocenters. The molecule has 0 amide bonds. The predicted molar refractivity (Wildman–Crippen MR) is 72.1 cm³/mol. The van der Waals surface area contributed by atoms with E-state index in [1.807, 2.05) is 0 Å². The Balaban J connectivity index is 1.87. The molecule has 0 aromatic heterocycles. The van der Waals surface area contributed by atoms with Crippen molar-refractivity contribution in [2.75, 3.05) is 33.5 Å². The van der Waals surface area contributed by atoms with Gasteiger partial charge in [-0.05, 0) is 31.6 Å². The number of Topliss-reactive ketones (excluding diaryl/α,β-unsaturated/α-hetero) is 1. The molecule has 4 heteroatoms. The molecule has 2 unspecified atom stereocenters. The van der Waals surface area contributed by atoms with E-state index in [1.165, 1.54) is 0 Å². The largest absolute Gasteiger partial charge is 0.384 e. The lowest BCUT2D eigenvalue weighted by Gasteiger charge is -2.43. The van der Waals surface area contributed by atoms with E-state index in [2.05, 4.69) is 6.92 Å². The van der Waals surface area contributed by atoms with Gasteiger partial charge in [0.05, 0.1) is 5.60 Å². The summed E-state index contributed by atoms with van der Waals surface area (Å²) >= 11 is 0. The van der Waals surface area contributed by atoms with Gasteiger partial charge in [0.25, 0.3) is 0 Å². The first-order chi connectivity index (χ1) is 9.15. The molecule has 4 nitrogen and oxygen atoms in total. The van der Waals surface area contributed by atoms with Crippen LogP contribution in [0.1, 0.15) is 39.0 Å². The van der Waals surface area contributed by atoms with Crippen LogP contribution >= 0.6 is 0 Å². The SMILES string of the molecule is COCC(C)CC(=O)C1CCOC2(CCOCC2)C1. The molecule has 0 N–H and O–H groups in total. The quantitative estimate of drug-likeness (QED) is 0.768. The molecule has 110 valence electrons. The Labute approximate surface area is 115 Å². The Kier molecular flexibility index (Phi) is 5.37. The van der Waals surface area contributed by atoms with Crippen LogP contribution in [-0.4, -0.2) is 44.9 Å². The standard InChI is InChI=1S/C15H26O4/c1-12(11-17-2)9-14(16)13-3-6-19-15(10-13)4-7-18-8-5-15/h12-13H,3-11H2,1-2H3. The summed E-state index contributed by atoms with van der Waals surface area (Å²) in [7, 11) is 1.69. The first-order valence-corrected chi connectivity index (χ1v) is 7.38. The second-order valence-electron chi connectivity index (χ2n) is 6.06. The molecule has 1 spiro atoms. The van der Waals surface area contributed by atoms with Gasteiger partial charge in [-0.3, -0.25) is 4.79 Å². The number of carbonyl (C=O) groups excluding carboxylic acids is 1. The van der Waals surface area contributed by atoms with E-state index >= 15 is 0 Å². The number of ether oxygens (including phenoxy) is 3. The maximum Gasteiger partial charge on any atom is 0.136 e. The number of hydrogen-bond acceptors (Lipinski definition) is 4. The highest BCUT2D eigenvalue weighted by Crippen LogP contribution is 2.37. The van der Waals surface area contributed by atoms with E-state index in [-0.39, 0.29) is 11.5 Å². The van der Waals surface area contributed by atoms with Crippen LogP contribution in [0.5, 0.6) is 0 Å². The van der Waals surface area contributed by atoms with Gasteiger partial charge >= 0.3 is 0 Å². The van der Waals surface area contributed by atoms with Crippen molar-refractivity contribution in [3.8, 4) is 0 Å². The average Bonchev–Trinajstić information content (AvgIpc) is 2.40. The van der Waals surface area contributed by atoms with E-state index in [0.29, 0.717) is 24.7 Å². The van der Waals surface area contributed by atoms with E-state index in [0.717, 1.165) is 45.5 Å². The minimum Gasteiger partial charge on any atom is -0.384 e. The van der Waals surface area contributed by atoms with Crippen molar-refractivity contribution in [3.63, 3.8) is 0 Å². The Morgan fingerprint density at radius 3 is 2.79 bits per heavy atom. The maximum atomic E-state index is 12.4. The van der Waals surface area contributed by atoms with Crippen molar-refractivity contribution in [3.05, 3.63) is 0 Å². The third kappa shape index (κ3) is 4.01. The van der Waals surface area contributed by atoms with E-state index in [4.69, 9.17) is 14.2 Å². The van der Waals surface area contributed by atoms with Crippen LogP contribution in [0.25, 0.3) is 0 Å². The van der Waals surface area contributed by atoms with Crippen molar-refractivity contribution < 1.29 is 19.0 Å². The smallest absolute Gasteiger partial charge is 0.136 e. The first kappa shape index (κ1) is 14.9. The highest BCUT2D eigenvalue weighted by Gasteiger charge is 2.41. The summed E-state index contributed by atoms with van der Waals surface area (Å²) in [6, 6.07) is 0. The van der Waals surface area contributed by atoms with Crippen LogP contribution in [0.2, 0.25) is 0 Å². The zero-order chi connectivity index (χ0) is 13.7. The average molecular weight is 270 g/mol.